The number of aromatic hydroxyl groups is 2. The second-order valence-electron chi connectivity index (χ2n) is 4.96. The van der Waals surface area contributed by atoms with Gasteiger partial charge in [0.05, 0.1) is 0 Å². The standard InChI is InChI=1S/C17H16N2O2/c1-2-18-16(20)14-10-6-7-11-15(14)19(17(18)21)12-13-8-4-3-5-9-13/h3-11H,2,12H2,1H3/p+2. The van der Waals surface area contributed by atoms with E-state index in [-0.39, 0.29) is 11.9 Å². The number of hydrogen-bond donors (Lipinski definition) is 2. The van der Waals surface area contributed by atoms with Crippen LogP contribution < -0.4 is 9.13 Å². The summed E-state index contributed by atoms with van der Waals surface area (Å²) in [6.07, 6.45) is 0. The average Bonchev–Trinajstić information content (AvgIpc) is 2.53. The summed E-state index contributed by atoms with van der Waals surface area (Å²) in [5, 5.41) is 21.5. The van der Waals surface area contributed by atoms with Crippen LogP contribution in [0.25, 0.3) is 10.9 Å². The molecule has 0 aliphatic carbocycles. The molecule has 0 radical (unpaired) electrons. The van der Waals surface area contributed by atoms with Gasteiger partial charge in [0.15, 0.2) is 18.5 Å². The molecule has 21 heavy (non-hydrogen) atoms. The molecule has 3 rings (SSSR count). The highest BCUT2D eigenvalue weighted by Crippen LogP contribution is 2.20. The van der Waals surface area contributed by atoms with Gasteiger partial charge in [-0.25, -0.2) is 0 Å². The summed E-state index contributed by atoms with van der Waals surface area (Å²) in [5.74, 6) is 0.0925. The molecule has 1 heterocycles. The third-order valence-electron chi connectivity index (χ3n) is 3.67. The van der Waals surface area contributed by atoms with E-state index in [4.69, 9.17) is 0 Å². The van der Waals surface area contributed by atoms with Crippen molar-refractivity contribution in [2.75, 3.05) is 0 Å². The zero-order chi connectivity index (χ0) is 14.8. The molecule has 0 saturated carbocycles. The van der Waals surface area contributed by atoms with E-state index in [0.29, 0.717) is 13.1 Å². The largest absolute Gasteiger partial charge is 0.632 e. The van der Waals surface area contributed by atoms with Gasteiger partial charge in [-0.05, 0) is 13.0 Å². The SMILES string of the molecule is CC[n+]1c(O)c2ccccc2[n+](Cc2ccccc2)c1O. The van der Waals surface area contributed by atoms with Crippen LogP contribution in [0.15, 0.2) is 54.6 Å². The summed E-state index contributed by atoms with van der Waals surface area (Å²) >= 11 is 0. The van der Waals surface area contributed by atoms with Crippen LogP contribution in [-0.2, 0) is 13.1 Å². The molecule has 1 aromatic heterocycles. The van der Waals surface area contributed by atoms with Crippen LogP contribution in [0.3, 0.4) is 0 Å². The summed E-state index contributed by atoms with van der Waals surface area (Å²) < 4.78 is 3.32. The smallest absolute Gasteiger partial charge is 0.459 e. The lowest BCUT2D eigenvalue weighted by atomic mass is 10.2. The molecule has 2 aromatic carbocycles. The zero-order valence-electron chi connectivity index (χ0n) is 11.9. The first-order valence-electron chi connectivity index (χ1n) is 7.02. The van der Waals surface area contributed by atoms with Crippen molar-refractivity contribution >= 4 is 10.9 Å². The Hall–Kier alpha value is -2.62. The minimum absolute atomic E-state index is 0.0533. The summed E-state index contributed by atoms with van der Waals surface area (Å²) in [7, 11) is 0. The van der Waals surface area contributed by atoms with Crippen LogP contribution in [0.5, 0.6) is 11.9 Å². The maximum Gasteiger partial charge on any atom is 0.632 e. The Balaban J connectivity index is 2.25. The predicted octanol–water partition coefficient (Wildman–Crippen LogP) is 1.89. The summed E-state index contributed by atoms with van der Waals surface area (Å²) in [5.41, 5.74) is 1.90. The van der Waals surface area contributed by atoms with Gasteiger partial charge in [0.2, 0.25) is 5.52 Å². The van der Waals surface area contributed by atoms with E-state index in [1.54, 1.807) is 0 Å². The van der Waals surface area contributed by atoms with Gasteiger partial charge in [0.25, 0.3) is 0 Å². The third-order valence-corrected chi connectivity index (χ3v) is 3.67. The molecule has 0 unspecified atom stereocenters. The first-order valence-corrected chi connectivity index (χ1v) is 7.02. The first-order chi connectivity index (χ1) is 10.2. The summed E-state index contributed by atoms with van der Waals surface area (Å²) in [6.45, 7) is 2.94. The molecule has 3 aromatic rings. The minimum Gasteiger partial charge on any atom is -0.459 e. The van der Waals surface area contributed by atoms with E-state index in [1.165, 1.54) is 4.57 Å². The van der Waals surface area contributed by atoms with Crippen LogP contribution in [0.1, 0.15) is 12.5 Å². The molecule has 4 heteroatoms. The summed E-state index contributed by atoms with van der Waals surface area (Å²) in [6, 6.07) is 17.6. The first kappa shape index (κ1) is 13.4. The highest BCUT2D eigenvalue weighted by Gasteiger charge is 2.32. The van der Waals surface area contributed by atoms with Crippen LogP contribution in [0, 0.1) is 0 Å². The van der Waals surface area contributed by atoms with E-state index in [9.17, 15) is 10.2 Å². The van der Waals surface area contributed by atoms with Crippen molar-refractivity contribution in [3.8, 4) is 11.9 Å². The van der Waals surface area contributed by atoms with Crippen molar-refractivity contribution in [2.24, 2.45) is 0 Å². The van der Waals surface area contributed by atoms with E-state index in [2.05, 4.69) is 0 Å². The number of fused-ring (bicyclic) bond motifs is 1. The van der Waals surface area contributed by atoms with E-state index < -0.39 is 0 Å². The lowest BCUT2D eigenvalue weighted by molar-refractivity contribution is -0.816. The fraction of sp³-hybridized carbons (Fsp3) is 0.176. The molecule has 2 N–H and O–H groups in total. The Labute approximate surface area is 123 Å². The molecular weight excluding hydrogens is 264 g/mol. The number of rotatable bonds is 3. The Kier molecular flexibility index (Phi) is 3.44. The number of nitrogens with zero attached hydrogens (tertiary/aromatic N) is 2. The van der Waals surface area contributed by atoms with Crippen molar-refractivity contribution < 1.29 is 19.3 Å². The van der Waals surface area contributed by atoms with E-state index >= 15 is 0 Å². The second kappa shape index (κ2) is 5.40. The van der Waals surface area contributed by atoms with Crippen LogP contribution in [-0.4, -0.2) is 10.2 Å². The van der Waals surface area contributed by atoms with Crippen LogP contribution >= 0.6 is 0 Å². The normalized spacial score (nSPS) is 10.9. The molecule has 0 bridgehead atoms. The van der Waals surface area contributed by atoms with Crippen molar-refractivity contribution in [1.29, 1.82) is 0 Å². The van der Waals surface area contributed by atoms with Gasteiger partial charge in [-0.1, -0.05) is 51.6 Å². The molecule has 0 amide bonds. The monoisotopic (exact) mass is 282 g/mol. The van der Waals surface area contributed by atoms with Crippen LogP contribution in [0.4, 0.5) is 0 Å². The van der Waals surface area contributed by atoms with Gasteiger partial charge >= 0.3 is 11.9 Å². The topological polar surface area (TPSA) is 48.2 Å². The van der Waals surface area contributed by atoms with Gasteiger partial charge in [-0.15, -0.1) is 0 Å². The lowest BCUT2D eigenvalue weighted by Crippen LogP contribution is -2.48. The second-order valence-corrected chi connectivity index (χ2v) is 4.96. The zero-order valence-corrected chi connectivity index (χ0v) is 11.9. The highest BCUT2D eigenvalue weighted by atomic mass is 16.3. The van der Waals surface area contributed by atoms with Gasteiger partial charge in [0, 0.05) is 11.6 Å². The predicted molar refractivity (Wildman–Crippen MR) is 78.9 cm³/mol. The third kappa shape index (κ3) is 2.29. The molecule has 0 aliphatic heterocycles. The number of benzene rings is 2. The Morgan fingerprint density at radius 3 is 2.24 bits per heavy atom. The lowest BCUT2D eigenvalue weighted by Gasteiger charge is -2.04. The molecule has 4 nitrogen and oxygen atoms in total. The Bertz CT molecular complexity index is 786. The van der Waals surface area contributed by atoms with Gasteiger partial charge in [0.1, 0.15) is 0 Å². The fourth-order valence-corrected chi connectivity index (χ4v) is 2.60. The van der Waals surface area contributed by atoms with Gasteiger partial charge in [-0.3, -0.25) is 0 Å². The number of para-hydroxylation sites is 1. The van der Waals surface area contributed by atoms with E-state index in [1.807, 2.05) is 66.1 Å². The maximum atomic E-state index is 10.5. The van der Waals surface area contributed by atoms with Crippen molar-refractivity contribution in [2.45, 2.75) is 20.0 Å². The Morgan fingerprint density at radius 2 is 1.52 bits per heavy atom. The molecule has 106 valence electrons. The van der Waals surface area contributed by atoms with Crippen LogP contribution in [0.2, 0.25) is 0 Å². The molecular formula is C17H18N2O2+2. The van der Waals surface area contributed by atoms with Crippen molar-refractivity contribution in [3.63, 3.8) is 0 Å². The maximum absolute atomic E-state index is 10.5. The number of aromatic nitrogens is 2. The van der Waals surface area contributed by atoms with Gasteiger partial charge < -0.3 is 10.2 Å². The van der Waals surface area contributed by atoms with Gasteiger partial charge in [-0.2, -0.15) is 0 Å². The number of hydrogen-bond acceptors (Lipinski definition) is 2. The summed E-state index contributed by atoms with van der Waals surface area (Å²) in [4.78, 5) is 0. The minimum atomic E-state index is 0.0533. The quantitative estimate of drug-likeness (QED) is 0.721. The van der Waals surface area contributed by atoms with Crippen molar-refractivity contribution in [3.05, 3.63) is 60.2 Å². The fourth-order valence-electron chi connectivity index (χ4n) is 2.60. The van der Waals surface area contributed by atoms with Crippen molar-refractivity contribution in [1.82, 2.24) is 0 Å². The molecule has 0 fully saturated rings. The molecule has 0 spiro atoms. The molecule has 0 saturated heterocycles. The molecule has 0 atom stereocenters. The highest BCUT2D eigenvalue weighted by molar-refractivity contribution is 5.79. The van der Waals surface area contributed by atoms with E-state index in [0.717, 1.165) is 16.5 Å². The Morgan fingerprint density at radius 1 is 0.857 bits per heavy atom. The molecule has 0 aliphatic rings. The average molecular weight is 282 g/mol.